The van der Waals surface area contributed by atoms with Crippen LogP contribution >= 0.6 is 11.6 Å². The maximum atomic E-state index is 5.74. The highest BCUT2D eigenvalue weighted by molar-refractivity contribution is 6.29. The zero-order chi connectivity index (χ0) is 11.4. The lowest BCUT2D eigenvalue weighted by atomic mass is 10.5. The van der Waals surface area contributed by atoms with E-state index in [1.165, 1.54) is 0 Å². The second-order valence-corrected chi connectivity index (χ2v) is 3.52. The standard InChI is InChI=1S/C9H11ClN6/c10-7-6-8(15-9(11)14-7)12-3-5-16-4-1-2-13-16/h1-2,4,6H,3,5H2,(H3,11,12,14,15). The van der Waals surface area contributed by atoms with Crippen LogP contribution in [0.15, 0.2) is 24.5 Å². The van der Waals surface area contributed by atoms with Gasteiger partial charge in [-0.1, -0.05) is 11.6 Å². The van der Waals surface area contributed by atoms with E-state index >= 15 is 0 Å². The molecule has 6 nitrogen and oxygen atoms in total. The first-order valence-corrected chi connectivity index (χ1v) is 5.13. The Morgan fingerprint density at radius 2 is 2.31 bits per heavy atom. The molecule has 0 aliphatic rings. The third-order valence-corrected chi connectivity index (χ3v) is 2.11. The van der Waals surface area contributed by atoms with Crippen LogP contribution in [0.2, 0.25) is 5.15 Å². The van der Waals surface area contributed by atoms with Crippen LogP contribution in [0.1, 0.15) is 0 Å². The molecular weight excluding hydrogens is 228 g/mol. The lowest BCUT2D eigenvalue weighted by Gasteiger charge is -2.06. The van der Waals surface area contributed by atoms with Crippen LogP contribution in [0, 0.1) is 0 Å². The number of nitrogens with two attached hydrogens (primary N) is 1. The van der Waals surface area contributed by atoms with E-state index in [0.717, 1.165) is 6.54 Å². The summed E-state index contributed by atoms with van der Waals surface area (Å²) in [6, 6.07) is 3.50. The number of nitrogens with zero attached hydrogens (tertiary/aromatic N) is 4. The number of hydrogen-bond donors (Lipinski definition) is 2. The highest BCUT2D eigenvalue weighted by atomic mass is 35.5. The first-order chi connectivity index (χ1) is 7.74. The van der Waals surface area contributed by atoms with Crippen molar-refractivity contribution in [3.63, 3.8) is 0 Å². The first-order valence-electron chi connectivity index (χ1n) is 4.75. The molecule has 0 radical (unpaired) electrons. The van der Waals surface area contributed by atoms with Gasteiger partial charge in [-0.25, -0.2) is 4.98 Å². The molecule has 2 aromatic heterocycles. The van der Waals surface area contributed by atoms with E-state index in [4.69, 9.17) is 17.3 Å². The summed E-state index contributed by atoms with van der Waals surface area (Å²) in [5, 5.41) is 7.49. The number of nitrogens with one attached hydrogen (secondary N) is 1. The first kappa shape index (κ1) is 10.7. The average Bonchev–Trinajstić information content (AvgIpc) is 2.69. The predicted molar refractivity (Wildman–Crippen MR) is 62.2 cm³/mol. The molecule has 2 heterocycles. The summed E-state index contributed by atoms with van der Waals surface area (Å²) in [7, 11) is 0. The zero-order valence-corrected chi connectivity index (χ0v) is 9.22. The van der Waals surface area contributed by atoms with Gasteiger partial charge in [-0.3, -0.25) is 4.68 Å². The lowest BCUT2D eigenvalue weighted by molar-refractivity contribution is 0.637. The number of nitrogen functional groups attached to an aromatic ring is 1. The van der Waals surface area contributed by atoms with E-state index < -0.39 is 0 Å². The largest absolute Gasteiger partial charge is 0.368 e. The van der Waals surface area contributed by atoms with Gasteiger partial charge in [-0.15, -0.1) is 0 Å². The van der Waals surface area contributed by atoms with Crippen LogP contribution in [0.4, 0.5) is 11.8 Å². The van der Waals surface area contributed by atoms with Crippen molar-refractivity contribution in [2.24, 2.45) is 0 Å². The second kappa shape index (κ2) is 4.80. The van der Waals surface area contributed by atoms with Crippen molar-refractivity contribution in [2.45, 2.75) is 6.54 Å². The van der Waals surface area contributed by atoms with Gasteiger partial charge in [0.05, 0.1) is 6.54 Å². The molecular formula is C9H11ClN6. The molecule has 0 saturated carbocycles. The number of rotatable bonds is 4. The third kappa shape index (κ3) is 2.83. The lowest BCUT2D eigenvalue weighted by Crippen LogP contribution is -2.12. The normalized spacial score (nSPS) is 10.3. The molecule has 0 aliphatic carbocycles. The van der Waals surface area contributed by atoms with E-state index in [-0.39, 0.29) is 5.95 Å². The maximum absolute atomic E-state index is 5.74. The molecule has 0 aliphatic heterocycles. The third-order valence-electron chi connectivity index (χ3n) is 1.92. The van der Waals surface area contributed by atoms with E-state index in [0.29, 0.717) is 17.5 Å². The minimum Gasteiger partial charge on any atom is -0.368 e. The van der Waals surface area contributed by atoms with Gasteiger partial charge in [0.15, 0.2) is 0 Å². The molecule has 0 saturated heterocycles. The van der Waals surface area contributed by atoms with Crippen molar-refractivity contribution >= 4 is 23.4 Å². The maximum Gasteiger partial charge on any atom is 0.223 e. The molecule has 0 aromatic carbocycles. The number of halogens is 1. The van der Waals surface area contributed by atoms with Crippen molar-refractivity contribution in [1.29, 1.82) is 0 Å². The average molecular weight is 239 g/mol. The van der Waals surface area contributed by atoms with Crippen LogP contribution in [0.5, 0.6) is 0 Å². The zero-order valence-electron chi connectivity index (χ0n) is 8.47. The van der Waals surface area contributed by atoms with Gasteiger partial charge >= 0.3 is 0 Å². The van der Waals surface area contributed by atoms with Gasteiger partial charge < -0.3 is 11.1 Å². The van der Waals surface area contributed by atoms with Crippen molar-refractivity contribution in [3.8, 4) is 0 Å². The fourth-order valence-corrected chi connectivity index (χ4v) is 1.45. The van der Waals surface area contributed by atoms with Gasteiger partial charge in [0.25, 0.3) is 0 Å². The van der Waals surface area contributed by atoms with Crippen LogP contribution in [0.3, 0.4) is 0 Å². The molecule has 84 valence electrons. The number of anilines is 2. The van der Waals surface area contributed by atoms with Gasteiger partial charge in [0, 0.05) is 25.0 Å². The molecule has 0 amide bonds. The summed E-state index contributed by atoms with van der Waals surface area (Å²) in [4.78, 5) is 7.76. The molecule has 3 N–H and O–H groups in total. The topological polar surface area (TPSA) is 81.6 Å². The van der Waals surface area contributed by atoms with E-state index in [9.17, 15) is 0 Å². The number of aromatic nitrogens is 4. The van der Waals surface area contributed by atoms with Crippen molar-refractivity contribution in [1.82, 2.24) is 19.7 Å². The minimum absolute atomic E-state index is 0.161. The Balaban J connectivity index is 1.89. The Morgan fingerprint density at radius 1 is 1.44 bits per heavy atom. The van der Waals surface area contributed by atoms with Gasteiger partial charge in [0.1, 0.15) is 11.0 Å². The number of hydrogen-bond acceptors (Lipinski definition) is 5. The van der Waals surface area contributed by atoms with Crippen LogP contribution in [0.25, 0.3) is 0 Å². The van der Waals surface area contributed by atoms with Crippen molar-refractivity contribution in [3.05, 3.63) is 29.7 Å². The summed E-state index contributed by atoms with van der Waals surface area (Å²) in [5.41, 5.74) is 5.46. The molecule has 0 fully saturated rings. The fraction of sp³-hybridized carbons (Fsp3) is 0.222. The Labute approximate surface area is 97.5 Å². The van der Waals surface area contributed by atoms with Gasteiger partial charge in [-0.2, -0.15) is 10.1 Å². The SMILES string of the molecule is Nc1nc(Cl)cc(NCCn2cccn2)n1. The molecule has 2 aromatic rings. The Morgan fingerprint density at radius 3 is 3.00 bits per heavy atom. The minimum atomic E-state index is 0.161. The van der Waals surface area contributed by atoms with E-state index in [2.05, 4.69) is 20.4 Å². The van der Waals surface area contributed by atoms with Crippen LogP contribution < -0.4 is 11.1 Å². The molecule has 2 rings (SSSR count). The Bertz CT molecular complexity index is 435. The Kier molecular flexibility index (Phi) is 3.21. The quantitative estimate of drug-likeness (QED) is 0.778. The summed E-state index contributed by atoms with van der Waals surface area (Å²) in [6.07, 6.45) is 3.63. The molecule has 0 atom stereocenters. The van der Waals surface area contributed by atoms with Crippen molar-refractivity contribution in [2.75, 3.05) is 17.6 Å². The summed E-state index contributed by atoms with van der Waals surface area (Å²) < 4.78 is 1.82. The van der Waals surface area contributed by atoms with Gasteiger partial charge in [0.2, 0.25) is 5.95 Å². The fourth-order valence-electron chi connectivity index (χ4n) is 1.26. The molecule has 0 unspecified atom stereocenters. The highest BCUT2D eigenvalue weighted by Gasteiger charge is 1.99. The van der Waals surface area contributed by atoms with Crippen LogP contribution in [-0.4, -0.2) is 26.3 Å². The molecule has 0 spiro atoms. The van der Waals surface area contributed by atoms with Crippen molar-refractivity contribution < 1.29 is 0 Å². The Hall–Kier alpha value is -1.82. The molecule has 7 heteroatoms. The van der Waals surface area contributed by atoms with Gasteiger partial charge in [-0.05, 0) is 6.07 Å². The van der Waals surface area contributed by atoms with Crippen LogP contribution in [-0.2, 0) is 6.54 Å². The predicted octanol–water partition coefficient (Wildman–Crippen LogP) is 1.02. The summed E-state index contributed by atoms with van der Waals surface area (Å²) in [5.74, 6) is 0.777. The monoisotopic (exact) mass is 238 g/mol. The molecule has 0 bridgehead atoms. The van der Waals surface area contributed by atoms with E-state index in [1.54, 1.807) is 12.3 Å². The smallest absolute Gasteiger partial charge is 0.223 e. The van der Waals surface area contributed by atoms with E-state index in [1.807, 2.05) is 16.9 Å². The summed E-state index contributed by atoms with van der Waals surface area (Å²) in [6.45, 7) is 1.43. The highest BCUT2D eigenvalue weighted by Crippen LogP contribution is 2.11. The summed E-state index contributed by atoms with van der Waals surface area (Å²) >= 11 is 5.74. The molecule has 16 heavy (non-hydrogen) atoms. The second-order valence-electron chi connectivity index (χ2n) is 3.13.